The normalized spacial score (nSPS) is 12.1. The van der Waals surface area contributed by atoms with Crippen LogP contribution in [-0.4, -0.2) is 15.5 Å². The summed E-state index contributed by atoms with van der Waals surface area (Å²) in [4.78, 5) is 2.11. The van der Waals surface area contributed by atoms with Crippen molar-refractivity contribution in [1.29, 1.82) is 0 Å². The van der Waals surface area contributed by atoms with Crippen molar-refractivity contribution in [2.24, 2.45) is 0 Å². The van der Waals surface area contributed by atoms with Gasteiger partial charge >= 0.3 is 0 Å². The maximum atomic E-state index is 11.5. The van der Waals surface area contributed by atoms with Gasteiger partial charge in [0, 0.05) is 40.2 Å². The Balaban J connectivity index is 0.000000671. The van der Waals surface area contributed by atoms with Crippen LogP contribution in [0.25, 0.3) is 5.57 Å². The van der Waals surface area contributed by atoms with Gasteiger partial charge in [-0.2, -0.15) is 0 Å². The van der Waals surface area contributed by atoms with Gasteiger partial charge in [0.25, 0.3) is 9.05 Å². The van der Waals surface area contributed by atoms with E-state index in [0.29, 0.717) is 0 Å². The van der Waals surface area contributed by atoms with E-state index in [9.17, 15) is 8.42 Å². The Morgan fingerprint density at radius 2 is 1.46 bits per heavy atom. The van der Waals surface area contributed by atoms with Crippen molar-refractivity contribution in [3.05, 3.63) is 60.2 Å². The lowest BCUT2D eigenvalue weighted by molar-refractivity contribution is 0.609. The minimum Gasteiger partial charge on any atom is -0.344 e. The van der Waals surface area contributed by atoms with Gasteiger partial charge < -0.3 is 4.90 Å². The van der Waals surface area contributed by atoms with Crippen molar-refractivity contribution >= 4 is 36.7 Å². The average molecular weight is 366 g/mol. The van der Waals surface area contributed by atoms with Crippen molar-refractivity contribution < 1.29 is 8.42 Å². The van der Waals surface area contributed by atoms with E-state index in [1.165, 1.54) is 6.07 Å². The first-order chi connectivity index (χ1) is 11.4. The van der Waals surface area contributed by atoms with Crippen LogP contribution < -0.4 is 4.90 Å². The molecule has 24 heavy (non-hydrogen) atoms. The summed E-state index contributed by atoms with van der Waals surface area (Å²) in [5.74, 6) is 0. The predicted octanol–water partition coefficient (Wildman–Crippen LogP) is 5.81. The summed E-state index contributed by atoms with van der Waals surface area (Å²) in [6, 6.07) is 12.7. The van der Waals surface area contributed by atoms with Gasteiger partial charge in [0.2, 0.25) is 0 Å². The van der Waals surface area contributed by atoms with E-state index in [4.69, 9.17) is 10.7 Å². The van der Waals surface area contributed by atoms with Gasteiger partial charge in [0.1, 0.15) is 0 Å². The van der Waals surface area contributed by atoms with Crippen LogP contribution in [0.3, 0.4) is 0 Å². The molecule has 5 heteroatoms. The Bertz CT molecular complexity index is 829. The summed E-state index contributed by atoms with van der Waals surface area (Å²) >= 11 is 0. The quantitative estimate of drug-likeness (QED) is 0.598. The Labute approximate surface area is 150 Å². The zero-order chi connectivity index (χ0) is 18.5. The molecule has 0 aromatic heterocycles. The molecule has 2 aromatic rings. The molecule has 130 valence electrons. The van der Waals surface area contributed by atoms with E-state index in [0.717, 1.165) is 28.1 Å². The van der Waals surface area contributed by atoms with Crippen LogP contribution in [0.4, 0.5) is 11.4 Å². The van der Waals surface area contributed by atoms with E-state index < -0.39 is 9.05 Å². The molecule has 0 saturated heterocycles. The number of nitrogens with zero attached hydrogens (tertiary/aromatic N) is 1. The second kappa shape index (κ2) is 8.36. The Kier molecular flexibility index (Phi) is 7.06. The van der Waals surface area contributed by atoms with Crippen molar-refractivity contribution in [2.45, 2.75) is 32.6 Å². The topological polar surface area (TPSA) is 37.4 Å². The number of hydrogen-bond donors (Lipinski definition) is 0. The van der Waals surface area contributed by atoms with Gasteiger partial charge in [-0.3, -0.25) is 0 Å². The monoisotopic (exact) mass is 365 g/mol. The lowest BCUT2D eigenvalue weighted by atomic mass is 9.92. The van der Waals surface area contributed by atoms with Crippen LogP contribution in [0.5, 0.6) is 0 Å². The summed E-state index contributed by atoms with van der Waals surface area (Å²) in [5, 5.41) is 0. The van der Waals surface area contributed by atoms with E-state index in [1.54, 1.807) is 12.1 Å². The molecule has 1 aliphatic heterocycles. The highest BCUT2D eigenvalue weighted by Gasteiger charge is 2.24. The molecule has 0 aliphatic carbocycles. The largest absolute Gasteiger partial charge is 0.344 e. The predicted molar refractivity (Wildman–Crippen MR) is 105 cm³/mol. The highest BCUT2D eigenvalue weighted by molar-refractivity contribution is 8.13. The first-order valence-electron chi connectivity index (χ1n) is 8.01. The van der Waals surface area contributed by atoms with E-state index in [2.05, 4.69) is 6.58 Å². The van der Waals surface area contributed by atoms with Crippen molar-refractivity contribution in [3.8, 4) is 0 Å². The summed E-state index contributed by atoms with van der Waals surface area (Å²) in [5.41, 5.74) is 4.54. The molecule has 1 aliphatic rings. The molecule has 0 atom stereocenters. The minimum atomic E-state index is -3.74. The van der Waals surface area contributed by atoms with Crippen molar-refractivity contribution in [1.82, 2.24) is 0 Å². The number of halogens is 1. The SMILES string of the molecule is C=C1c2ccccc2N(C)c2ccc(S(=O)(=O)Cl)cc21.CC.CC. The number of anilines is 2. The Morgan fingerprint density at radius 1 is 0.917 bits per heavy atom. The molecule has 0 spiro atoms. The molecule has 0 unspecified atom stereocenters. The summed E-state index contributed by atoms with van der Waals surface area (Å²) in [7, 11) is 3.62. The van der Waals surface area contributed by atoms with Gasteiger partial charge in [-0.25, -0.2) is 8.42 Å². The van der Waals surface area contributed by atoms with Crippen LogP contribution in [0, 0.1) is 0 Å². The molecule has 3 rings (SSSR count). The third kappa shape index (κ3) is 3.82. The standard InChI is InChI=1S/C15H12ClNO2S.2C2H6/c1-10-12-5-3-4-6-14(12)17(2)15-8-7-11(9-13(10)15)20(16,18)19;2*1-2/h3-9H,1H2,2H3;2*1-2H3. The number of para-hydroxylation sites is 1. The Hall–Kier alpha value is -1.78. The molecule has 3 nitrogen and oxygen atoms in total. The third-order valence-corrected chi connectivity index (χ3v) is 4.88. The fraction of sp³-hybridized carbons (Fsp3) is 0.263. The van der Waals surface area contributed by atoms with Gasteiger partial charge in [0.15, 0.2) is 0 Å². The smallest absolute Gasteiger partial charge is 0.261 e. The lowest BCUT2D eigenvalue weighted by Gasteiger charge is -2.31. The molecule has 0 amide bonds. The zero-order valence-corrected chi connectivity index (χ0v) is 16.4. The lowest BCUT2D eigenvalue weighted by Crippen LogP contribution is -2.18. The molecule has 2 aromatic carbocycles. The van der Waals surface area contributed by atoms with Crippen LogP contribution in [0.15, 0.2) is 53.9 Å². The molecular formula is C19H24ClNO2S. The first-order valence-corrected chi connectivity index (χ1v) is 10.3. The van der Waals surface area contributed by atoms with Gasteiger partial charge in [-0.1, -0.05) is 52.5 Å². The van der Waals surface area contributed by atoms with Crippen LogP contribution in [0.2, 0.25) is 0 Å². The van der Waals surface area contributed by atoms with E-state index in [1.807, 2.05) is 63.9 Å². The molecule has 0 fully saturated rings. The highest BCUT2D eigenvalue weighted by Crippen LogP contribution is 2.43. The molecule has 0 saturated carbocycles. The van der Waals surface area contributed by atoms with Crippen molar-refractivity contribution in [3.63, 3.8) is 0 Å². The number of fused-ring (bicyclic) bond motifs is 2. The number of benzene rings is 2. The third-order valence-electron chi connectivity index (χ3n) is 3.53. The van der Waals surface area contributed by atoms with E-state index in [-0.39, 0.29) is 4.90 Å². The second-order valence-corrected chi connectivity index (χ2v) is 7.24. The van der Waals surface area contributed by atoms with E-state index >= 15 is 0 Å². The van der Waals surface area contributed by atoms with Crippen LogP contribution in [0.1, 0.15) is 38.8 Å². The maximum Gasteiger partial charge on any atom is 0.261 e. The summed E-state index contributed by atoms with van der Waals surface area (Å²) < 4.78 is 22.9. The average Bonchev–Trinajstić information content (AvgIpc) is 2.62. The van der Waals surface area contributed by atoms with Crippen LogP contribution >= 0.6 is 10.7 Å². The van der Waals surface area contributed by atoms with Gasteiger partial charge in [-0.15, -0.1) is 0 Å². The van der Waals surface area contributed by atoms with Gasteiger partial charge in [-0.05, 0) is 29.8 Å². The Morgan fingerprint density at radius 3 is 2.04 bits per heavy atom. The summed E-state index contributed by atoms with van der Waals surface area (Å²) in [6.07, 6.45) is 0. The van der Waals surface area contributed by atoms with Crippen LogP contribution in [-0.2, 0) is 9.05 Å². The highest BCUT2D eigenvalue weighted by atomic mass is 35.7. The number of hydrogen-bond acceptors (Lipinski definition) is 3. The molecule has 1 heterocycles. The summed E-state index contributed by atoms with van der Waals surface area (Å²) in [6.45, 7) is 12.1. The molecule has 0 radical (unpaired) electrons. The minimum absolute atomic E-state index is 0.0897. The fourth-order valence-electron chi connectivity index (χ4n) is 2.50. The first kappa shape index (κ1) is 20.3. The maximum absolute atomic E-state index is 11.5. The van der Waals surface area contributed by atoms with Crippen molar-refractivity contribution in [2.75, 3.05) is 11.9 Å². The zero-order valence-electron chi connectivity index (χ0n) is 14.8. The van der Waals surface area contributed by atoms with Gasteiger partial charge in [0.05, 0.1) is 4.90 Å². The number of rotatable bonds is 1. The molecule has 0 N–H and O–H groups in total. The second-order valence-electron chi connectivity index (χ2n) is 4.67. The fourth-order valence-corrected chi connectivity index (χ4v) is 3.27. The molecule has 0 bridgehead atoms. The molecular weight excluding hydrogens is 342 g/mol.